The molecule has 2 N–H and O–H groups in total. The average molecular weight is 302 g/mol. The molecule has 0 bridgehead atoms. The van der Waals surface area contributed by atoms with E-state index in [1.807, 2.05) is 44.2 Å². The van der Waals surface area contributed by atoms with E-state index in [4.69, 9.17) is 15.2 Å². The maximum atomic E-state index is 5.76. The molecular formula is C14H18N6O2. The van der Waals surface area contributed by atoms with Gasteiger partial charge in [0.25, 0.3) is 0 Å². The van der Waals surface area contributed by atoms with E-state index in [1.54, 1.807) is 4.90 Å². The lowest BCUT2D eigenvalue weighted by molar-refractivity contribution is 0.173. The largest absolute Gasteiger partial charge is 0.454 e. The summed E-state index contributed by atoms with van der Waals surface area (Å²) in [6, 6.07) is 5.81. The van der Waals surface area contributed by atoms with Crippen LogP contribution in [0.25, 0.3) is 0 Å². The predicted octanol–water partition coefficient (Wildman–Crippen LogP) is 0.885. The number of aromatic nitrogens is 3. The quantitative estimate of drug-likeness (QED) is 0.890. The van der Waals surface area contributed by atoms with Crippen molar-refractivity contribution in [3.63, 3.8) is 0 Å². The van der Waals surface area contributed by atoms with Gasteiger partial charge in [-0.15, -0.1) is 0 Å². The lowest BCUT2D eigenvalue weighted by Gasteiger charge is -2.20. The second-order valence-corrected chi connectivity index (χ2v) is 5.20. The molecule has 0 radical (unpaired) electrons. The normalized spacial score (nSPS) is 12.3. The van der Waals surface area contributed by atoms with Crippen molar-refractivity contribution >= 4 is 17.8 Å². The maximum absolute atomic E-state index is 5.76. The van der Waals surface area contributed by atoms with Gasteiger partial charge in [0.1, 0.15) is 0 Å². The van der Waals surface area contributed by atoms with E-state index in [0.29, 0.717) is 18.4 Å². The number of para-hydroxylation sites is 1. The van der Waals surface area contributed by atoms with Gasteiger partial charge in [-0.2, -0.15) is 15.0 Å². The summed E-state index contributed by atoms with van der Waals surface area (Å²) in [6.45, 7) is 0.822. The third-order valence-corrected chi connectivity index (χ3v) is 3.26. The van der Waals surface area contributed by atoms with Crippen molar-refractivity contribution in [2.24, 2.45) is 0 Å². The lowest BCUT2D eigenvalue weighted by atomic mass is 10.2. The Bertz CT molecular complexity index is 691. The van der Waals surface area contributed by atoms with Crippen molar-refractivity contribution in [1.82, 2.24) is 15.0 Å². The Morgan fingerprint density at radius 2 is 1.86 bits per heavy atom. The number of nitrogen functional groups attached to an aromatic ring is 1. The number of nitrogens with two attached hydrogens (primary N) is 1. The van der Waals surface area contributed by atoms with Crippen LogP contribution in [0.5, 0.6) is 11.5 Å². The van der Waals surface area contributed by atoms with Gasteiger partial charge in [0.2, 0.25) is 24.6 Å². The van der Waals surface area contributed by atoms with Crippen LogP contribution in [0.1, 0.15) is 5.56 Å². The summed E-state index contributed by atoms with van der Waals surface area (Å²) >= 11 is 0. The number of benzene rings is 1. The van der Waals surface area contributed by atoms with E-state index in [0.717, 1.165) is 17.1 Å². The Hall–Kier alpha value is -2.77. The van der Waals surface area contributed by atoms with Crippen LogP contribution in [0.3, 0.4) is 0 Å². The number of nitrogens with zero attached hydrogens (tertiary/aromatic N) is 5. The van der Waals surface area contributed by atoms with Crippen LogP contribution >= 0.6 is 0 Å². The maximum Gasteiger partial charge on any atom is 0.232 e. The minimum Gasteiger partial charge on any atom is -0.454 e. The van der Waals surface area contributed by atoms with Crippen molar-refractivity contribution in [3.8, 4) is 11.5 Å². The van der Waals surface area contributed by atoms with E-state index in [2.05, 4.69) is 15.0 Å². The van der Waals surface area contributed by atoms with Gasteiger partial charge in [-0.3, -0.25) is 0 Å². The highest BCUT2D eigenvalue weighted by atomic mass is 16.7. The van der Waals surface area contributed by atoms with Crippen LogP contribution in [0.2, 0.25) is 0 Å². The number of anilines is 3. The second kappa shape index (κ2) is 5.55. The molecule has 0 atom stereocenters. The summed E-state index contributed by atoms with van der Waals surface area (Å²) in [7, 11) is 5.60. The summed E-state index contributed by atoms with van der Waals surface area (Å²) < 4.78 is 10.9. The fourth-order valence-corrected chi connectivity index (χ4v) is 2.18. The molecule has 8 heteroatoms. The number of hydrogen-bond donors (Lipinski definition) is 1. The summed E-state index contributed by atoms with van der Waals surface area (Å²) in [5, 5.41) is 0. The molecule has 0 saturated heterocycles. The van der Waals surface area contributed by atoms with Crippen LogP contribution in [-0.4, -0.2) is 42.9 Å². The molecule has 0 aliphatic carbocycles. The van der Waals surface area contributed by atoms with Crippen LogP contribution in [0, 0.1) is 0 Å². The molecule has 2 aromatic rings. The number of ether oxygens (including phenoxy) is 2. The first kappa shape index (κ1) is 14.2. The van der Waals surface area contributed by atoms with Gasteiger partial charge in [0, 0.05) is 33.3 Å². The summed E-state index contributed by atoms with van der Waals surface area (Å²) in [4.78, 5) is 16.4. The van der Waals surface area contributed by atoms with Gasteiger partial charge in [-0.25, -0.2) is 0 Å². The molecule has 0 unspecified atom stereocenters. The molecule has 3 rings (SSSR count). The van der Waals surface area contributed by atoms with Crippen LogP contribution in [0.4, 0.5) is 17.8 Å². The topological polar surface area (TPSA) is 89.6 Å². The highest BCUT2D eigenvalue weighted by Gasteiger charge is 2.19. The van der Waals surface area contributed by atoms with Crippen LogP contribution in [-0.2, 0) is 6.54 Å². The fraction of sp³-hybridized carbons (Fsp3) is 0.357. The van der Waals surface area contributed by atoms with Crippen molar-refractivity contribution in [2.75, 3.05) is 43.5 Å². The van der Waals surface area contributed by atoms with E-state index in [-0.39, 0.29) is 12.7 Å². The Kier molecular flexibility index (Phi) is 3.58. The molecule has 22 heavy (non-hydrogen) atoms. The summed E-state index contributed by atoms with van der Waals surface area (Å²) in [5.74, 6) is 2.75. The molecule has 1 aliphatic rings. The molecule has 2 heterocycles. The fourth-order valence-electron chi connectivity index (χ4n) is 2.18. The summed E-state index contributed by atoms with van der Waals surface area (Å²) in [6.07, 6.45) is 0. The van der Waals surface area contributed by atoms with Gasteiger partial charge in [-0.05, 0) is 6.07 Å². The van der Waals surface area contributed by atoms with Crippen LogP contribution in [0.15, 0.2) is 18.2 Å². The van der Waals surface area contributed by atoms with Crippen molar-refractivity contribution < 1.29 is 9.47 Å². The SMILES string of the molecule is CN(C)c1nc(N)nc(N(C)Cc2cccc3c2OCO3)n1. The minimum absolute atomic E-state index is 0.193. The van der Waals surface area contributed by atoms with Gasteiger partial charge < -0.3 is 25.0 Å². The van der Waals surface area contributed by atoms with Gasteiger partial charge in [0.15, 0.2) is 11.5 Å². The van der Waals surface area contributed by atoms with Crippen molar-refractivity contribution in [1.29, 1.82) is 0 Å². The molecule has 1 aliphatic heterocycles. The Balaban J connectivity index is 1.86. The average Bonchev–Trinajstić information content (AvgIpc) is 2.96. The number of rotatable bonds is 4. The van der Waals surface area contributed by atoms with Gasteiger partial charge >= 0.3 is 0 Å². The highest BCUT2D eigenvalue weighted by molar-refractivity contribution is 5.50. The Morgan fingerprint density at radius 3 is 2.64 bits per heavy atom. The molecule has 116 valence electrons. The lowest BCUT2D eigenvalue weighted by Crippen LogP contribution is -2.23. The predicted molar refractivity (Wildman–Crippen MR) is 83.2 cm³/mol. The zero-order chi connectivity index (χ0) is 15.7. The van der Waals surface area contributed by atoms with Crippen molar-refractivity contribution in [3.05, 3.63) is 23.8 Å². The van der Waals surface area contributed by atoms with Gasteiger partial charge in [0.05, 0.1) is 0 Å². The first-order chi connectivity index (χ1) is 10.5. The molecule has 0 saturated carbocycles. The summed E-state index contributed by atoms with van der Waals surface area (Å²) in [5.41, 5.74) is 6.76. The van der Waals surface area contributed by atoms with Crippen molar-refractivity contribution in [2.45, 2.75) is 6.54 Å². The molecule has 8 nitrogen and oxygen atoms in total. The molecule has 0 amide bonds. The molecular weight excluding hydrogens is 284 g/mol. The third-order valence-electron chi connectivity index (χ3n) is 3.26. The van der Waals surface area contributed by atoms with Crippen LogP contribution < -0.4 is 25.0 Å². The number of fused-ring (bicyclic) bond motifs is 1. The van der Waals surface area contributed by atoms with E-state index < -0.39 is 0 Å². The minimum atomic E-state index is 0.193. The van der Waals surface area contributed by atoms with E-state index in [9.17, 15) is 0 Å². The zero-order valence-corrected chi connectivity index (χ0v) is 12.8. The first-order valence-electron chi connectivity index (χ1n) is 6.82. The molecule has 0 spiro atoms. The van der Waals surface area contributed by atoms with E-state index >= 15 is 0 Å². The first-order valence-corrected chi connectivity index (χ1v) is 6.82. The molecule has 1 aromatic heterocycles. The van der Waals surface area contributed by atoms with E-state index in [1.165, 1.54) is 0 Å². The Morgan fingerprint density at radius 1 is 1.09 bits per heavy atom. The standard InChI is InChI=1S/C14H18N6O2/c1-19(2)13-16-12(15)17-14(18-13)20(3)7-9-5-4-6-10-11(9)22-8-21-10/h4-6H,7-8H2,1-3H3,(H2,15,16,17,18). The molecule has 1 aromatic carbocycles. The zero-order valence-electron chi connectivity index (χ0n) is 12.8. The molecule has 0 fully saturated rings. The Labute approximate surface area is 128 Å². The smallest absolute Gasteiger partial charge is 0.232 e. The second-order valence-electron chi connectivity index (χ2n) is 5.20. The monoisotopic (exact) mass is 302 g/mol. The highest BCUT2D eigenvalue weighted by Crippen LogP contribution is 2.36. The van der Waals surface area contributed by atoms with Gasteiger partial charge in [-0.1, -0.05) is 12.1 Å². The number of hydrogen-bond acceptors (Lipinski definition) is 8. The third kappa shape index (κ3) is 2.67.